The summed E-state index contributed by atoms with van der Waals surface area (Å²) < 4.78 is 13.0. The molecule has 0 unspecified atom stereocenters. The van der Waals surface area contributed by atoms with E-state index >= 15 is 0 Å². The van der Waals surface area contributed by atoms with Gasteiger partial charge < -0.3 is 14.0 Å². The Kier molecular flexibility index (Phi) is 5.08. The van der Waals surface area contributed by atoms with E-state index in [4.69, 9.17) is 9.47 Å². The predicted molar refractivity (Wildman–Crippen MR) is 69.7 cm³/mol. The average Bonchev–Trinajstić information content (AvgIpc) is 2.60. The zero-order valence-corrected chi connectivity index (χ0v) is 11.8. The highest BCUT2D eigenvalue weighted by Crippen LogP contribution is 2.11. The molecule has 16 heavy (non-hydrogen) atoms. The molecule has 1 rings (SSSR count). The van der Waals surface area contributed by atoms with Gasteiger partial charge in [-0.25, -0.2) is 0 Å². The van der Waals surface area contributed by atoms with E-state index in [2.05, 4.69) is 19.6 Å². The molecule has 0 saturated carbocycles. The molecule has 3 nitrogen and oxygen atoms in total. The summed E-state index contributed by atoms with van der Waals surface area (Å²) in [6.07, 6.45) is 3.96. The third-order valence-corrected chi connectivity index (χ3v) is 3.98. The van der Waals surface area contributed by atoms with Crippen LogP contribution in [0.4, 0.5) is 0 Å². The maximum atomic E-state index is 5.63. The SMILES string of the molecule is CCOc1ccn(COCC[Si](C)(C)C)c1. The first-order valence-corrected chi connectivity index (χ1v) is 9.58. The monoisotopic (exact) mass is 241 g/mol. The fourth-order valence-corrected chi connectivity index (χ4v) is 2.06. The standard InChI is InChI=1S/C12H23NO2Si/c1-5-15-12-6-7-13(10-12)11-14-8-9-16(2,3)4/h6-7,10H,5,8-9,11H2,1-4H3. The van der Waals surface area contributed by atoms with Crippen LogP contribution >= 0.6 is 0 Å². The zero-order valence-electron chi connectivity index (χ0n) is 10.8. The molecule has 1 heterocycles. The molecule has 0 aromatic carbocycles. The van der Waals surface area contributed by atoms with Crippen LogP contribution in [0.25, 0.3) is 0 Å². The van der Waals surface area contributed by atoms with Crippen LogP contribution in [0.5, 0.6) is 5.75 Å². The molecule has 92 valence electrons. The molecule has 0 aliphatic carbocycles. The van der Waals surface area contributed by atoms with Gasteiger partial charge in [0.25, 0.3) is 0 Å². The van der Waals surface area contributed by atoms with E-state index < -0.39 is 8.07 Å². The molecule has 4 heteroatoms. The van der Waals surface area contributed by atoms with Gasteiger partial charge in [-0.1, -0.05) is 19.6 Å². The molecule has 0 aliphatic heterocycles. The second-order valence-electron chi connectivity index (χ2n) is 5.14. The first kappa shape index (κ1) is 13.3. The summed E-state index contributed by atoms with van der Waals surface area (Å²) >= 11 is 0. The van der Waals surface area contributed by atoms with E-state index in [1.54, 1.807) is 0 Å². The van der Waals surface area contributed by atoms with E-state index in [0.29, 0.717) is 13.3 Å². The Labute approximate surface area is 99.4 Å². The predicted octanol–water partition coefficient (Wildman–Crippen LogP) is 3.20. The van der Waals surface area contributed by atoms with Crippen molar-refractivity contribution >= 4 is 8.07 Å². The summed E-state index contributed by atoms with van der Waals surface area (Å²) in [5.41, 5.74) is 0. The van der Waals surface area contributed by atoms with E-state index in [9.17, 15) is 0 Å². The molecule has 1 aromatic rings. The summed E-state index contributed by atoms with van der Waals surface area (Å²) in [5.74, 6) is 0.913. The Bertz CT molecular complexity index is 304. The van der Waals surface area contributed by atoms with Gasteiger partial charge in [0.1, 0.15) is 12.5 Å². The van der Waals surface area contributed by atoms with Crippen molar-refractivity contribution in [3.63, 3.8) is 0 Å². The first-order valence-electron chi connectivity index (χ1n) is 5.87. The maximum absolute atomic E-state index is 5.63. The normalized spacial score (nSPS) is 11.8. The van der Waals surface area contributed by atoms with Crippen molar-refractivity contribution in [2.24, 2.45) is 0 Å². The van der Waals surface area contributed by atoms with Crippen molar-refractivity contribution < 1.29 is 9.47 Å². The van der Waals surface area contributed by atoms with Crippen LogP contribution in [0.3, 0.4) is 0 Å². The molecule has 0 radical (unpaired) electrons. The largest absolute Gasteiger partial charge is 0.492 e. The third kappa shape index (κ3) is 5.37. The van der Waals surface area contributed by atoms with E-state index in [1.807, 2.05) is 30.0 Å². The lowest BCUT2D eigenvalue weighted by Crippen LogP contribution is -2.21. The molecular formula is C12H23NO2Si. The molecule has 0 bridgehead atoms. The van der Waals surface area contributed by atoms with Crippen LogP contribution in [0.2, 0.25) is 25.7 Å². The van der Waals surface area contributed by atoms with E-state index in [-0.39, 0.29) is 0 Å². The highest BCUT2D eigenvalue weighted by atomic mass is 28.3. The fraction of sp³-hybridized carbons (Fsp3) is 0.667. The Morgan fingerprint density at radius 2 is 2.06 bits per heavy atom. The second kappa shape index (κ2) is 6.11. The van der Waals surface area contributed by atoms with E-state index in [1.165, 1.54) is 6.04 Å². The zero-order chi connectivity index (χ0) is 12.0. The van der Waals surface area contributed by atoms with Crippen LogP contribution in [-0.4, -0.2) is 25.9 Å². The summed E-state index contributed by atoms with van der Waals surface area (Å²) in [6.45, 7) is 11.3. The van der Waals surface area contributed by atoms with Crippen molar-refractivity contribution in [3.05, 3.63) is 18.5 Å². The topological polar surface area (TPSA) is 23.4 Å². The molecule has 0 saturated heterocycles. The minimum Gasteiger partial charge on any atom is -0.492 e. The molecule has 0 fully saturated rings. The number of ether oxygens (including phenoxy) is 2. The van der Waals surface area contributed by atoms with Gasteiger partial charge in [-0.3, -0.25) is 0 Å². The van der Waals surface area contributed by atoms with Gasteiger partial charge in [-0.2, -0.15) is 0 Å². The number of hydrogen-bond donors (Lipinski definition) is 0. The lowest BCUT2D eigenvalue weighted by atomic mass is 10.6. The summed E-state index contributed by atoms with van der Waals surface area (Å²) in [7, 11) is -0.962. The average molecular weight is 241 g/mol. The smallest absolute Gasteiger partial charge is 0.136 e. The van der Waals surface area contributed by atoms with Gasteiger partial charge in [-0.05, 0) is 19.0 Å². The minimum atomic E-state index is -0.962. The van der Waals surface area contributed by atoms with Gasteiger partial charge in [0.05, 0.1) is 6.61 Å². The van der Waals surface area contributed by atoms with E-state index in [0.717, 1.165) is 12.4 Å². The molecule has 0 aliphatic rings. The van der Waals surface area contributed by atoms with Gasteiger partial charge in [0, 0.05) is 27.1 Å². The van der Waals surface area contributed by atoms with Crippen molar-refractivity contribution in [2.45, 2.75) is 39.3 Å². The van der Waals surface area contributed by atoms with Crippen LogP contribution < -0.4 is 4.74 Å². The number of hydrogen-bond acceptors (Lipinski definition) is 2. The maximum Gasteiger partial charge on any atom is 0.136 e. The first-order chi connectivity index (χ1) is 7.51. The van der Waals surface area contributed by atoms with Crippen molar-refractivity contribution in [1.82, 2.24) is 4.57 Å². The molecule has 0 amide bonds. The Hall–Kier alpha value is -0.743. The van der Waals surface area contributed by atoms with Gasteiger partial charge in [-0.15, -0.1) is 0 Å². The molecule has 0 N–H and O–H groups in total. The summed E-state index contributed by atoms with van der Waals surface area (Å²) in [4.78, 5) is 0. The van der Waals surface area contributed by atoms with Crippen LogP contribution in [0, 0.1) is 0 Å². The Balaban J connectivity index is 2.21. The third-order valence-electron chi connectivity index (χ3n) is 2.27. The number of aromatic nitrogens is 1. The summed E-state index contributed by atoms with van der Waals surface area (Å²) in [5, 5.41) is 0. The molecule has 1 aromatic heterocycles. The van der Waals surface area contributed by atoms with Crippen molar-refractivity contribution in [3.8, 4) is 5.75 Å². The lowest BCUT2D eigenvalue weighted by Gasteiger charge is -2.15. The van der Waals surface area contributed by atoms with Crippen molar-refractivity contribution in [2.75, 3.05) is 13.2 Å². The highest BCUT2D eigenvalue weighted by molar-refractivity contribution is 6.76. The van der Waals surface area contributed by atoms with Gasteiger partial charge in [0.15, 0.2) is 0 Å². The Morgan fingerprint density at radius 3 is 2.69 bits per heavy atom. The quantitative estimate of drug-likeness (QED) is 0.540. The fourth-order valence-electron chi connectivity index (χ4n) is 1.30. The number of rotatable bonds is 7. The molecule has 0 atom stereocenters. The van der Waals surface area contributed by atoms with Crippen LogP contribution in [-0.2, 0) is 11.5 Å². The molecular weight excluding hydrogens is 218 g/mol. The van der Waals surface area contributed by atoms with Gasteiger partial charge >= 0.3 is 0 Å². The molecule has 0 spiro atoms. The van der Waals surface area contributed by atoms with Crippen molar-refractivity contribution in [1.29, 1.82) is 0 Å². The summed E-state index contributed by atoms with van der Waals surface area (Å²) in [6, 6.07) is 3.18. The second-order valence-corrected chi connectivity index (χ2v) is 10.8. The lowest BCUT2D eigenvalue weighted by molar-refractivity contribution is 0.0872. The van der Waals surface area contributed by atoms with Gasteiger partial charge in [0.2, 0.25) is 0 Å². The Morgan fingerprint density at radius 1 is 1.31 bits per heavy atom. The number of nitrogens with zero attached hydrogens (tertiary/aromatic N) is 1. The highest BCUT2D eigenvalue weighted by Gasteiger charge is 2.11. The minimum absolute atomic E-state index is 0.623. The van der Waals surface area contributed by atoms with Crippen LogP contribution in [0.1, 0.15) is 6.92 Å². The van der Waals surface area contributed by atoms with Crippen LogP contribution in [0.15, 0.2) is 18.5 Å².